The molecular formula is C16H24N2O2. The van der Waals surface area contributed by atoms with Crippen LogP contribution in [0.1, 0.15) is 44.7 Å². The molecule has 1 unspecified atom stereocenters. The first-order chi connectivity index (χ1) is 9.69. The third kappa shape index (κ3) is 4.85. The summed E-state index contributed by atoms with van der Waals surface area (Å²) in [5, 5.41) is 6.35. The molecule has 1 fully saturated rings. The molecule has 1 aliphatic rings. The van der Waals surface area contributed by atoms with Gasteiger partial charge in [0.1, 0.15) is 5.75 Å². The normalized spacial score (nSPS) is 15.7. The number of hydrogen-bond donors (Lipinski definition) is 2. The van der Waals surface area contributed by atoms with Crippen LogP contribution in [0.2, 0.25) is 0 Å². The lowest BCUT2D eigenvalue weighted by atomic mass is 10.1. The van der Waals surface area contributed by atoms with Crippen LogP contribution < -0.4 is 15.4 Å². The summed E-state index contributed by atoms with van der Waals surface area (Å²) < 4.78 is 5.55. The molecule has 0 aliphatic heterocycles. The first-order valence-electron chi connectivity index (χ1n) is 7.44. The highest BCUT2D eigenvalue weighted by molar-refractivity contribution is 5.78. The van der Waals surface area contributed by atoms with Gasteiger partial charge < -0.3 is 15.4 Å². The molecule has 20 heavy (non-hydrogen) atoms. The fourth-order valence-corrected chi connectivity index (χ4v) is 2.00. The number of hydrogen-bond acceptors (Lipinski definition) is 3. The molecular weight excluding hydrogens is 252 g/mol. The molecule has 110 valence electrons. The van der Waals surface area contributed by atoms with Crippen molar-refractivity contribution >= 4 is 5.91 Å². The zero-order valence-corrected chi connectivity index (χ0v) is 12.3. The fourth-order valence-electron chi connectivity index (χ4n) is 2.00. The zero-order chi connectivity index (χ0) is 14.4. The number of rotatable bonds is 8. The Bertz CT molecular complexity index is 444. The van der Waals surface area contributed by atoms with Crippen molar-refractivity contribution in [2.45, 2.75) is 45.2 Å². The van der Waals surface area contributed by atoms with Gasteiger partial charge in [-0.3, -0.25) is 4.79 Å². The number of amides is 1. The molecule has 4 heteroatoms. The molecule has 2 rings (SSSR count). The fraction of sp³-hybridized carbons (Fsp3) is 0.562. The van der Waals surface area contributed by atoms with Crippen LogP contribution in [0.25, 0.3) is 0 Å². The van der Waals surface area contributed by atoms with E-state index in [1.54, 1.807) is 0 Å². The predicted octanol–water partition coefficient (Wildman–Crippen LogP) is 2.40. The highest BCUT2D eigenvalue weighted by Gasteiger charge is 2.23. The van der Waals surface area contributed by atoms with Crippen molar-refractivity contribution in [3.8, 4) is 5.75 Å². The first-order valence-corrected chi connectivity index (χ1v) is 7.44. The van der Waals surface area contributed by atoms with Gasteiger partial charge in [0.2, 0.25) is 0 Å². The molecule has 1 aliphatic carbocycles. The minimum Gasteiger partial charge on any atom is -0.484 e. The number of ether oxygens (including phenoxy) is 1. The number of carbonyl (C=O) groups is 1. The van der Waals surface area contributed by atoms with E-state index < -0.39 is 0 Å². The number of nitrogens with one attached hydrogen (secondary N) is 2. The van der Waals surface area contributed by atoms with Crippen LogP contribution in [0.5, 0.6) is 5.75 Å². The van der Waals surface area contributed by atoms with Crippen LogP contribution in [-0.4, -0.2) is 25.1 Å². The average molecular weight is 276 g/mol. The van der Waals surface area contributed by atoms with Crippen molar-refractivity contribution in [2.75, 3.05) is 13.2 Å². The average Bonchev–Trinajstić information content (AvgIpc) is 3.27. The van der Waals surface area contributed by atoms with Crippen LogP contribution in [-0.2, 0) is 4.79 Å². The van der Waals surface area contributed by atoms with E-state index in [4.69, 9.17) is 4.74 Å². The molecule has 0 spiro atoms. The summed E-state index contributed by atoms with van der Waals surface area (Å²) in [6.45, 7) is 5.37. The largest absolute Gasteiger partial charge is 0.484 e. The molecule has 4 nitrogen and oxygen atoms in total. The maximum atomic E-state index is 11.6. The third-order valence-corrected chi connectivity index (χ3v) is 3.37. The minimum atomic E-state index is -0.0324. The summed E-state index contributed by atoms with van der Waals surface area (Å²) in [5.74, 6) is 0.716. The van der Waals surface area contributed by atoms with Crippen LogP contribution in [0.3, 0.4) is 0 Å². The predicted molar refractivity (Wildman–Crippen MR) is 79.8 cm³/mol. The standard InChI is InChI=1S/C16H24N2O2/c1-3-9-17-12(2)13-5-4-6-15(10-13)20-11-16(19)18-14-7-8-14/h4-6,10,12,14,17H,3,7-9,11H2,1-2H3,(H,18,19). The first kappa shape index (κ1) is 14.9. The molecule has 1 saturated carbocycles. The summed E-state index contributed by atoms with van der Waals surface area (Å²) in [6.07, 6.45) is 3.31. The summed E-state index contributed by atoms with van der Waals surface area (Å²) >= 11 is 0. The van der Waals surface area contributed by atoms with Crippen molar-refractivity contribution < 1.29 is 9.53 Å². The third-order valence-electron chi connectivity index (χ3n) is 3.37. The summed E-state index contributed by atoms with van der Waals surface area (Å²) in [5.41, 5.74) is 1.18. The second kappa shape index (κ2) is 7.29. The lowest BCUT2D eigenvalue weighted by Crippen LogP contribution is -2.30. The molecule has 1 aromatic rings. The van der Waals surface area contributed by atoms with Crippen molar-refractivity contribution in [3.05, 3.63) is 29.8 Å². The van der Waals surface area contributed by atoms with E-state index in [2.05, 4.69) is 30.5 Å². The van der Waals surface area contributed by atoms with Gasteiger partial charge in [-0.15, -0.1) is 0 Å². The maximum absolute atomic E-state index is 11.6. The van der Waals surface area contributed by atoms with Gasteiger partial charge in [-0.25, -0.2) is 0 Å². The van der Waals surface area contributed by atoms with Crippen molar-refractivity contribution in [3.63, 3.8) is 0 Å². The minimum absolute atomic E-state index is 0.0324. The topological polar surface area (TPSA) is 50.4 Å². The van der Waals surface area contributed by atoms with E-state index in [1.165, 1.54) is 5.56 Å². The van der Waals surface area contributed by atoms with E-state index in [0.29, 0.717) is 12.1 Å². The van der Waals surface area contributed by atoms with Crippen LogP contribution >= 0.6 is 0 Å². The molecule has 0 aromatic heterocycles. The maximum Gasteiger partial charge on any atom is 0.258 e. The van der Waals surface area contributed by atoms with Crippen molar-refractivity contribution in [2.24, 2.45) is 0 Å². The monoisotopic (exact) mass is 276 g/mol. The quantitative estimate of drug-likeness (QED) is 0.766. The Balaban J connectivity index is 1.83. The Labute approximate surface area is 120 Å². The Hall–Kier alpha value is -1.55. The van der Waals surface area contributed by atoms with Gasteiger partial charge in [0, 0.05) is 12.1 Å². The molecule has 0 bridgehead atoms. The Morgan fingerprint density at radius 1 is 1.45 bits per heavy atom. The highest BCUT2D eigenvalue weighted by Crippen LogP contribution is 2.20. The van der Waals surface area contributed by atoms with Gasteiger partial charge >= 0.3 is 0 Å². The lowest BCUT2D eigenvalue weighted by molar-refractivity contribution is -0.123. The van der Waals surface area contributed by atoms with Crippen LogP contribution in [0.4, 0.5) is 0 Å². The number of benzene rings is 1. The van der Waals surface area contributed by atoms with E-state index in [9.17, 15) is 4.79 Å². The second-order valence-corrected chi connectivity index (χ2v) is 5.38. The number of carbonyl (C=O) groups excluding carboxylic acids is 1. The Morgan fingerprint density at radius 2 is 2.25 bits per heavy atom. The summed E-state index contributed by atoms with van der Waals surface area (Å²) in [4.78, 5) is 11.6. The molecule has 1 amide bonds. The second-order valence-electron chi connectivity index (χ2n) is 5.38. The molecule has 0 radical (unpaired) electrons. The van der Waals surface area contributed by atoms with Crippen LogP contribution in [0, 0.1) is 0 Å². The Kier molecular flexibility index (Phi) is 5.41. The Morgan fingerprint density at radius 3 is 2.95 bits per heavy atom. The molecule has 0 heterocycles. The van der Waals surface area contributed by atoms with Gasteiger partial charge in [-0.2, -0.15) is 0 Å². The zero-order valence-electron chi connectivity index (χ0n) is 12.3. The van der Waals surface area contributed by atoms with Gasteiger partial charge in [0.25, 0.3) is 5.91 Å². The highest BCUT2D eigenvalue weighted by atomic mass is 16.5. The van der Waals surface area contributed by atoms with Crippen molar-refractivity contribution in [1.29, 1.82) is 0 Å². The lowest BCUT2D eigenvalue weighted by Gasteiger charge is -2.15. The molecule has 2 N–H and O–H groups in total. The van der Waals surface area contributed by atoms with E-state index in [-0.39, 0.29) is 12.5 Å². The van der Waals surface area contributed by atoms with Gasteiger partial charge in [0.05, 0.1) is 0 Å². The SMILES string of the molecule is CCCNC(C)c1cccc(OCC(=O)NC2CC2)c1. The van der Waals surface area contributed by atoms with E-state index in [0.717, 1.165) is 31.6 Å². The molecule has 1 atom stereocenters. The summed E-state index contributed by atoms with van der Waals surface area (Å²) in [6, 6.07) is 8.60. The van der Waals surface area contributed by atoms with E-state index >= 15 is 0 Å². The van der Waals surface area contributed by atoms with Crippen molar-refractivity contribution in [1.82, 2.24) is 10.6 Å². The molecule has 0 saturated heterocycles. The van der Waals surface area contributed by atoms with E-state index in [1.807, 2.05) is 18.2 Å². The molecule has 1 aromatic carbocycles. The van der Waals surface area contributed by atoms with Gasteiger partial charge in [-0.05, 0) is 50.4 Å². The van der Waals surface area contributed by atoms with Gasteiger partial charge in [-0.1, -0.05) is 19.1 Å². The smallest absolute Gasteiger partial charge is 0.258 e. The van der Waals surface area contributed by atoms with Crippen LogP contribution in [0.15, 0.2) is 24.3 Å². The summed E-state index contributed by atoms with van der Waals surface area (Å²) in [7, 11) is 0. The van der Waals surface area contributed by atoms with Gasteiger partial charge in [0.15, 0.2) is 6.61 Å².